The van der Waals surface area contributed by atoms with Crippen molar-refractivity contribution in [2.45, 2.75) is 386 Å². The minimum atomic E-state index is -4.41. The number of unbranched alkanes of at least 4 members (excludes halogenated alkanes) is 43. The molecule has 0 saturated heterocycles. The summed E-state index contributed by atoms with van der Waals surface area (Å²) in [5.74, 6) is -0.850. The fraction of sp³-hybridized carbons (Fsp3) is 0.744. The number of ether oxygens (including phenoxy) is 2. The van der Waals surface area contributed by atoms with Gasteiger partial charge in [0.25, 0.3) is 0 Å². The molecular formula is C86H152NO8P. The molecule has 0 bridgehead atoms. The van der Waals surface area contributed by atoms with Crippen molar-refractivity contribution >= 4 is 19.8 Å². The van der Waals surface area contributed by atoms with E-state index in [1.165, 1.54) is 238 Å². The van der Waals surface area contributed by atoms with Crippen LogP contribution in [0.1, 0.15) is 380 Å². The molecule has 3 N–H and O–H groups in total. The quantitative estimate of drug-likeness (QED) is 0.0264. The molecule has 0 saturated carbocycles. The lowest BCUT2D eigenvalue weighted by molar-refractivity contribution is -0.161. The van der Waals surface area contributed by atoms with E-state index in [1.54, 1.807) is 0 Å². The van der Waals surface area contributed by atoms with Gasteiger partial charge < -0.3 is 20.1 Å². The van der Waals surface area contributed by atoms with Gasteiger partial charge in [-0.05, 0) is 89.9 Å². The van der Waals surface area contributed by atoms with E-state index >= 15 is 0 Å². The number of carbonyl (C=O) groups is 2. The first kappa shape index (κ1) is 92.4. The van der Waals surface area contributed by atoms with Crippen LogP contribution in [-0.2, 0) is 32.7 Å². The molecule has 0 aromatic carbocycles. The smallest absolute Gasteiger partial charge is 0.462 e. The molecule has 0 radical (unpaired) electrons. The summed E-state index contributed by atoms with van der Waals surface area (Å²) in [5, 5.41) is 0. The Morgan fingerprint density at radius 1 is 0.323 bits per heavy atom. The highest BCUT2D eigenvalue weighted by atomic mass is 31.2. The van der Waals surface area contributed by atoms with Crippen LogP contribution in [0.4, 0.5) is 0 Å². The lowest BCUT2D eigenvalue weighted by Crippen LogP contribution is -2.29. The first-order chi connectivity index (χ1) is 47.3. The van der Waals surface area contributed by atoms with Crippen LogP contribution < -0.4 is 5.73 Å². The van der Waals surface area contributed by atoms with Crippen LogP contribution in [0, 0.1) is 0 Å². The summed E-state index contributed by atoms with van der Waals surface area (Å²) in [6.07, 6.45) is 114. The van der Waals surface area contributed by atoms with Crippen molar-refractivity contribution in [2.24, 2.45) is 5.73 Å². The predicted molar refractivity (Wildman–Crippen MR) is 418 cm³/mol. The molecule has 0 heterocycles. The Kier molecular flexibility index (Phi) is 77.4. The Hall–Kier alpha value is -3.59. The van der Waals surface area contributed by atoms with Crippen LogP contribution in [0.5, 0.6) is 0 Å². The molecule has 2 unspecified atom stereocenters. The minimum absolute atomic E-state index is 0.0443. The maximum absolute atomic E-state index is 12.8. The van der Waals surface area contributed by atoms with Crippen LogP contribution in [0.3, 0.4) is 0 Å². The lowest BCUT2D eigenvalue weighted by atomic mass is 10.0. The fourth-order valence-electron chi connectivity index (χ4n) is 11.7. The van der Waals surface area contributed by atoms with Crippen LogP contribution >= 0.6 is 7.82 Å². The van der Waals surface area contributed by atoms with Crippen LogP contribution in [0.2, 0.25) is 0 Å². The molecule has 0 aliphatic heterocycles. The molecule has 0 aliphatic rings. The molecular weight excluding hydrogens is 1210 g/mol. The molecule has 0 aromatic heterocycles. The van der Waals surface area contributed by atoms with E-state index in [1.807, 2.05) is 0 Å². The van der Waals surface area contributed by atoms with Gasteiger partial charge in [-0.2, -0.15) is 0 Å². The number of rotatable bonds is 76. The van der Waals surface area contributed by atoms with E-state index in [0.717, 1.165) is 109 Å². The van der Waals surface area contributed by atoms with Gasteiger partial charge in [-0.25, -0.2) is 4.57 Å². The summed E-state index contributed by atoms with van der Waals surface area (Å²) in [7, 11) is -4.41. The number of nitrogens with two attached hydrogens (primary N) is 1. The van der Waals surface area contributed by atoms with Gasteiger partial charge >= 0.3 is 19.8 Å². The fourth-order valence-corrected chi connectivity index (χ4v) is 12.4. The number of hydrogen-bond donors (Lipinski definition) is 2. The van der Waals surface area contributed by atoms with Crippen molar-refractivity contribution in [3.8, 4) is 0 Å². The minimum Gasteiger partial charge on any atom is -0.462 e. The van der Waals surface area contributed by atoms with E-state index in [-0.39, 0.29) is 38.6 Å². The van der Waals surface area contributed by atoms with Gasteiger partial charge in [-0.3, -0.25) is 18.6 Å². The molecule has 0 aliphatic carbocycles. The maximum Gasteiger partial charge on any atom is 0.472 e. The van der Waals surface area contributed by atoms with Crippen molar-refractivity contribution in [2.75, 3.05) is 26.4 Å². The molecule has 0 fully saturated rings. The third-order valence-electron chi connectivity index (χ3n) is 17.6. The number of phosphoric ester groups is 1. The van der Waals surface area contributed by atoms with Crippen molar-refractivity contribution in [1.29, 1.82) is 0 Å². The number of esters is 2. The maximum atomic E-state index is 12.8. The van der Waals surface area contributed by atoms with Crippen LogP contribution in [0.15, 0.2) is 122 Å². The topological polar surface area (TPSA) is 134 Å². The van der Waals surface area contributed by atoms with Crippen LogP contribution in [0.25, 0.3) is 0 Å². The molecule has 96 heavy (non-hydrogen) atoms. The second kappa shape index (κ2) is 80.4. The molecule has 554 valence electrons. The Labute approximate surface area is 593 Å². The van der Waals surface area contributed by atoms with Crippen LogP contribution in [-0.4, -0.2) is 49.3 Å². The highest BCUT2D eigenvalue weighted by Gasteiger charge is 2.26. The van der Waals surface area contributed by atoms with E-state index in [2.05, 4.69) is 135 Å². The number of hydrogen-bond acceptors (Lipinski definition) is 8. The Morgan fingerprint density at radius 2 is 0.573 bits per heavy atom. The molecule has 0 rings (SSSR count). The van der Waals surface area contributed by atoms with Gasteiger partial charge in [0.1, 0.15) is 6.61 Å². The number of phosphoric acid groups is 1. The zero-order chi connectivity index (χ0) is 69.3. The SMILES string of the molecule is CC/C=C\C/C=C\C/C=C\C/C=C\C/C=C\C/C=C\C/C=C\C/C=C\C/C=C\C/C=C\CCCCCCC(=O)OC(COC(=O)CCCCCCCCCCCCCCCCCCCCCCCCCCCCCCCCCCCCCCCCCC)COP(=O)(O)OCCN. The molecule has 9 nitrogen and oxygen atoms in total. The largest absolute Gasteiger partial charge is 0.472 e. The highest BCUT2D eigenvalue weighted by molar-refractivity contribution is 7.47. The van der Waals surface area contributed by atoms with Crippen molar-refractivity contribution in [3.63, 3.8) is 0 Å². The van der Waals surface area contributed by atoms with Gasteiger partial charge in [0, 0.05) is 19.4 Å². The Morgan fingerprint density at radius 3 is 0.854 bits per heavy atom. The average Bonchev–Trinajstić information content (AvgIpc) is 3.50. The van der Waals surface area contributed by atoms with E-state index in [4.69, 9.17) is 24.3 Å². The second-order valence-corrected chi connectivity index (χ2v) is 28.4. The van der Waals surface area contributed by atoms with Gasteiger partial charge in [0.15, 0.2) is 6.10 Å². The molecule has 0 spiro atoms. The monoisotopic (exact) mass is 1360 g/mol. The zero-order valence-corrected chi connectivity index (χ0v) is 63.5. The normalized spacial score (nSPS) is 13.5. The van der Waals surface area contributed by atoms with Crippen molar-refractivity contribution in [3.05, 3.63) is 122 Å². The second-order valence-electron chi connectivity index (χ2n) is 26.9. The lowest BCUT2D eigenvalue weighted by Gasteiger charge is -2.19. The standard InChI is InChI=1S/C86H152NO8P/c1-3-5-7-9-11-13-15-17-19-21-23-25-27-29-31-33-35-37-39-40-41-42-43-45-46-48-50-52-54-56-58-60-62-64-66-68-70-72-74-76-78-85(88)92-82-84(83-94-96(90,91)93-81-80-87)95-86(89)79-77-75-73-71-69-67-65-63-61-59-57-55-53-51-49-47-44-38-36-34-32-30-28-26-24-22-20-18-16-14-12-10-8-6-4-2/h6,8,12,14,18,20,24,26,30,32,36,38,47,49,53,55,59,61,65,67,84H,3-5,7,9-11,13,15-17,19,21-23,25,27-29,31,33-35,37,39-46,48,50-52,54,56-58,60,62-64,66,68-83,87H2,1-2H3,(H,90,91)/b8-6-,14-12-,20-18-,26-24-,32-30-,38-36-,49-47-,55-53-,61-59-,67-65-. The molecule has 0 aromatic rings. The first-order valence-corrected chi connectivity index (χ1v) is 42.0. The van der Waals surface area contributed by atoms with Crippen molar-refractivity contribution in [1.82, 2.24) is 0 Å². The first-order valence-electron chi connectivity index (χ1n) is 40.5. The summed E-state index contributed by atoms with van der Waals surface area (Å²) < 4.78 is 33.2. The Balaban J connectivity index is 3.85. The predicted octanol–water partition coefficient (Wildman–Crippen LogP) is 27.4. The van der Waals surface area contributed by atoms with E-state index < -0.39 is 26.5 Å². The average molecular weight is 1360 g/mol. The molecule has 2 atom stereocenters. The molecule has 0 amide bonds. The van der Waals surface area contributed by atoms with E-state index in [9.17, 15) is 19.0 Å². The summed E-state index contributed by atoms with van der Waals surface area (Å²) in [4.78, 5) is 35.4. The van der Waals surface area contributed by atoms with Gasteiger partial charge in [-0.15, -0.1) is 0 Å². The summed E-state index contributed by atoms with van der Waals surface area (Å²) in [6, 6.07) is 0. The van der Waals surface area contributed by atoms with Crippen molar-refractivity contribution < 1.29 is 37.6 Å². The number of allylic oxidation sites excluding steroid dienone is 20. The number of carbonyl (C=O) groups excluding carboxylic acids is 2. The summed E-state index contributed by atoms with van der Waals surface area (Å²) in [5.41, 5.74) is 5.41. The highest BCUT2D eigenvalue weighted by Crippen LogP contribution is 2.43. The van der Waals surface area contributed by atoms with Gasteiger partial charge in [0.05, 0.1) is 13.2 Å². The van der Waals surface area contributed by atoms with E-state index in [0.29, 0.717) is 6.42 Å². The summed E-state index contributed by atoms with van der Waals surface area (Å²) in [6.45, 7) is 3.64. The van der Waals surface area contributed by atoms with Gasteiger partial charge in [0.2, 0.25) is 0 Å². The third-order valence-corrected chi connectivity index (χ3v) is 18.6. The van der Waals surface area contributed by atoms with Gasteiger partial charge in [-0.1, -0.05) is 399 Å². The third kappa shape index (κ3) is 79.4. The zero-order valence-electron chi connectivity index (χ0n) is 62.6. The summed E-state index contributed by atoms with van der Waals surface area (Å²) >= 11 is 0. The Bertz CT molecular complexity index is 2000. The molecule has 10 heteroatoms.